The molecule has 2 aromatic carbocycles. The Morgan fingerprint density at radius 2 is 1.70 bits per heavy atom. The molecule has 5 unspecified atom stereocenters. The number of aromatic nitrogens is 4. The molecule has 2 bridgehead atoms. The number of alkyl halides is 1. The van der Waals surface area contributed by atoms with Gasteiger partial charge in [-0.15, -0.1) is 0 Å². The van der Waals surface area contributed by atoms with Gasteiger partial charge in [0.25, 0.3) is 0 Å². The average molecular weight is 506 g/mol. The third-order valence-corrected chi connectivity index (χ3v) is 6.80. The Labute approximate surface area is 215 Å². The van der Waals surface area contributed by atoms with E-state index in [0.29, 0.717) is 34.8 Å². The Morgan fingerprint density at radius 3 is 2.27 bits per heavy atom. The molecule has 2 N–H and O–H groups in total. The predicted molar refractivity (Wildman–Crippen MR) is 136 cm³/mol. The highest BCUT2D eigenvalue weighted by atomic mass is 19.1. The number of hydrogen-bond donors (Lipinski definition) is 2. The average Bonchev–Trinajstić information content (AvgIpc) is 3.68. The molecule has 4 heterocycles. The summed E-state index contributed by atoms with van der Waals surface area (Å²) >= 11 is 0. The van der Waals surface area contributed by atoms with E-state index in [1.807, 2.05) is 43.3 Å². The minimum Gasteiger partial charge on any atom is -0.375 e. The van der Waals surface area contributed by atoms with Crippen LogP contribution in [-0.4, -0.2) is 45.4 Å². The van der Waals surface area contributed by atoms with E-state index >= 15 is 0 Å². The van der Waals surface area contributed by atoms with Crippen LogP contribution in [0.5, 0.6) is 0 Å². The molecule has 4 aromatic rings. The van der Waals surface area contributed by atoms with Crippen LogP contribution in [0.25, 0.3) is 11.2 Å². The number of aromatic amines is 1. The van der Waals surface area contributed by atoms with Gasteiger partial charge in [-0.1, -0.05) is 67.6 Å². The molecular formula is C28H32FN5O3. The van der Waals surface area contributed by atoms with Crippen LogP contribution >= 0.6 is 0 Å². The summed E-state index contributed by atoms with van der Waals surface area (Å²) in [6.07, 6.45) is 5.00. The van der Waals surface area contributed by atoms with E-state index in [2.05, 4.69) is 15.0 Å². The van der Waals surface area contributed by atoms with Crippen LogP contribution in [0, 0.1) is 5.41 Å². The highest BCUT2D eigenvalue weighted by molar-refractivity contribution is 5.69. The largest absolute Gasteiger partial charge is 0.375 e. The Balaban J connectivity index is 0.000000403. The molecule has 7 rings (SSSR count). The van der Waals surface area contributed by atoms with E-state index in [4.69, 9.17) is 19.6 Å². The van der Waals surface area contributed by atoms with Crippen molar-refractivity contribution in [3.63, 3.8) is 0 Å². The summed E-state index contributed by atoms with van der Waals surface area (Å²) in [6.45, 7) is 2.02. The van der Waals surface area contributed by atoms with Gasteiger partial charge in [0.15, 0.2) is 17.4 Å². The van der Waals surface area contributed by atoms with E-state index in [1.54, 1.807) is 42.3 Å². The first-order valence-corrected chi connectivity index (χ1v) is 12.6. The maximum Gasteiger partial charge on any atom is 0.225 e. The van der Waals surface area contributed by atoms with E-state index in [0.717, 1.165) is 5.56 Å². The van der Waals surface area contributed by atoms with Gasteiger partial charge < -0.3 is 19.2 Å². The number of nitrogens with zero attached hydrogens (tertiary/aromatic N) is 3. The van der Waals surface area contributed by atoms with Crippen molar-refractivity contribution >= 4 is 11.2 Å². The normalized spacial score (nSPS) is 20.5. The van der Waals surface area contributed by atoms with E-state index in [9.17, 15) is 4.39 Å². The van der Waals surface area contributed by atoms with E-state index < -0.39 is 12.6 Å². The molecule has 5 atom stereocenters. The Hall–Kier alpha value is -3.40. The van der Waals surface area contributed by atoms with Gasteiger partial charge in [-0.05, 0) is 19.3 Å². The fraction of sp³-hybridized carbons (Fsp3) is 0.393. The lowest BCUT2D eigenvalue weighted by atomic mass is 10.2. The molecule has 9 heteroatoms. The molecule has 194 valence electrons. The number of halogens is 1. The molecule has 0 amide bonds. The quantitative estimate of drug-likeness (QED) is 0.345. The van der Waals surface area contributed by atoms with Crippen molar-refractivity contribution in [2.24, 2.45) is 0 Å². The molecule has 8 nitrogen and oxygen atoms in total. The third-order valence-electron chi connectivity index (χ3n) is 6.80. The predicted octanol–water partition coefficient (Wildman–Crippen LogP) is 5.16. The van der Waals surface area contributed by atoms with Crippen molar-refractivity contribution in [2.45, 2.75) is 56.9 Å². The zero-order chi connectivity index (χ0) is 25.8. The molecule has 2 saturated heterocycles. The summed E-state index contributed by atoms with van der Waals surface area (Å²) in [7, 11) is 1.61. The lowest BCUT2D eigenvalue weighted by molar-refractivity contribution is -0.0647. The van der Waals surface area contributed by atoms with Gasteiger partial charge in [0.1, 0.15) is 17.7 Å². The maximum atomic E-state index is 14.4. The SMILES string of the molecule is C1CC2CC1O2.COC(c1ccccc1)n1cnc(=N)c2[nH]c(C(C)COC(F)c3ccccc3)nc21. The van der Waals surface area contributed by atoms with Gasteiger partial charge in [-0.2, -0.15) is 0 Å². The second-order valence-electron chi connectivity index (χ2n) is 9.47. The number of hydrogen-bond acceptors (Lipinski definition) is 6. The summed E-state index contributed by atoms with van der Waals surface area (Å²) < 4.78 is 32.5. The highest BCUT2D eigenvalue weighted by Gasteiger charge is 2.36. The zero-order valence-electron chi connectivity index (χ0n) is 21.0. The van der Waals surface area contributed by atoms with E-state index in [-0.39, 0.29) is 18.0 Å². The number of benzene rings is 2. The van der Waals surface area contributed by atoms with Gasteiger partial charge in [0.2, 0.25) is 6.36 Å². The molecule has 1 saturated carbocycles. The van der Waals surface area contributed by atoms with Crippen LogP contribution in [0.1, 0.15) is 61.6 Å². The van der Waals surface area contributed by atoms with Crippen LogP contribution in [0.3, 0.4) is 0 Å². The molecule has 2 aliphatic heterocycles. The zero-order valence-corrected chi connectivity index (χ0v) is 21.0. The van der Waals surface area contributed by atoms with Crippen LogP contribution < -0.4 is 5.49 Å². The number of H-pyrrole nitrogens is 1. The number of fused-ring (bicyclic) bond motifs is 2. The summed E-state index contributed by atoms with van der Waals surface area (Å²) in [5.41, 5.74) is 2.51. The molecule has 37 heavy (non-hydrogen) atoms. The first-order valence-electron chi connectivity index (χ1n) is 12.6. The molecule has 0 spiro atoms. The van der Waals surface area contributed by atoms with Crippen LogP contribution in [0.4, 0.5) is 4.39 Å². The van der Waals surface area contributed by atoms with Crippen LogP contribution in [0.15, 0.2) is 67.0 Å². The van der Waals surface area contributed by atoms with Crippen molar-refractivity contribution in [3.05, 3.63) is 89.4 Å². The number of ether oxygens (including phenoxy) is 3. The number of methoxy groups -OCH3 is 1. The fourth-order valence-corrected chi connectivity index (χ4v) is 4.71. The van der Waals surface area contributed by atoms with Gasteiger partial charge in [-0.3, -0.25) is 9.98 Å². The monoisotopic (exact) mass is 505 g/mol. The van der Waals surface area contributed by atoms with Crippen LogP contribution in [0.2, 0.25) is 0 Å². The van der Waals surface area contributed by atoms with Crippen molar-refractivity contribution < 1.29 is 18.6 Å². The number of imidazole rings is 1. The van der Waals surface area contributed by atoms with Gasteiger partial charge in [0, 0.05) is 24.2 Å². The third kappa shape index (κ3) is 5.64. The van der Waals surface area contributed by atoms with Crippen molar-refractivity contribution in [2.75, 3.05) is 13.7 Å². The summed E-state index contributed by atoms with van der Waals surface area (Å²) in [6, 6.07) is 18.5. The molecule has 3 aliphatic rings. The second-order valence-corrected chi connectivity index (χ2v) is 9.47. The lowest BCUT2D eigenvalue weighted by Crippen LogP contribution is -2.25. The number of nitrogens with one attached hydrogen (secondary N) is 2. The standard InChI is InChI=1S/C23H24FN5O2.C5H8O/c1-15(13-31-19(24)16-9-5-3-6-10-16)21-27-18-20(25)26-14-29(22(18)28-21)23(30-2)17-11-7-4-8-12-17;1-2-5-3-4(1)6-5/h3-12,14-15,19,23,25H,13H2,1-2H3,(H,27,28);4-5H,1-3H2. The van der Waals surface area contributed by atoms with E-state index in [1.165, 1.54) is 19.3 Å². The lowest BCUT2D eigenvalue weighted by Gasteiger charge is -2.23. The summed E-state index contributed by atoms with van der Waals surface area (Å²) in [5.74, 6) is 0.369. The maximum absolute atomic E-state index is 14.4. The van der Waals surface area contributed by atoms with Gasteiger partial charge >= 0.3 is 0 Å². The Kier molecular flexibility index (Phi) is 7.73. The molecule has 1 aliphatic carbocycles. The Morgan fingerprint density at radius 1 is 1.08 bits per heavy atom. The first-order chi connectivity index (χ1) is 18.0. The van der Waals surface area contributed by atoms with Gasteiger partial charge in [0.05, 0.1) is 18.8 Å². The van der Waals surface area contributed by atoms with Crippen molar-refractivity contribution in [3.8, 4) is 0 Å². The van der Waals surface area contributed by atoms with Gasteiger partial charge in [-0.25, -0.2) is 14.4 Å². The molecule has 2 aromatic heterocycles. The molecular weight excluding hydrogens is 473 g/mol. The van der Waals surface area contributed by atoms with Crippen molar-refractivity contribution in [1.82, 2.24) is 19.5 Å². The summed E-state index contributed by atoms with van der Waals surface area (Å²) in [5, 5.41) is 8.17. The fourth-order valence-electron chi connectivity index (χ4n) is 4.71. The smallest absolute Gasteiger partial charge is 0.225 e. The highest BCUT2D eigenvalue weighted by Crippen LogP contribution is 2.36. The topological polar surface area (TPSA) is 98.0 Å². The number of rotatable bonds is 8. The Bertz CT molecular complexity index is 1340. The minimum absolute atomic E-state index is 0.0775. The summed E-state index contributed by atoms with van der Waals surface area (Å²) in [4.78, 5) is 12.0. The molecule has 3 fully saturated rings. The van der Waals surface area contributed by atoms with Crippen molar-refractivity contribution in [1.29, 1.82) is 5.41 Å². The van der Waals surface area contributed by atoms with Crippen LogP contribution in [-0.2, 0) is 14.2 Å². The first kappa shape index (κ1) is 25.3. The second kappa shape index (κ2) is 11.3. The minimum atomic E-state index is -1.51. The molecule has 0 radical (unpaired) electrons.